The molecule has 1 aromatic carbocycles. The Kier molecular flexibility index (Phi) is 4.83. The first-order valence-corrected chi connectivity index (χ1v) is 6.85. The first kappa shape index (κ1) is 12.4. The topological polar surface area (TPSA) is 25.8 Å². The Hall–Kier alpha value is -1.06. The van der Waals surface area contributed by atoms with Crippen LogP contribution in [0.4, 0.5) is 0 Å². The van der Waals surface area contributed by atoms with Crippen LogP contribution in [0.15, 0.2) is 47.9 Å². The molecule has 0 aliphatic heterocycles. The molecule has 0 N–H and O–H groups in total. The molecular formula is C13H13ClN2S. The highest BCUT2D eigenvalue weighted by Crippen LogP contribution is 2.19. The highest BCUT2D eigenvalue weighted by atomic mass is 35.5. The lowest BCUT2D eigenvalue weighted by Crippen LogP contribution is -1.90. The Balaban J connectivity index is 1.76. The lowest BCUT2D eigenvalue weighted by Gasteiger charge is -2.03. The second-order valence-electron chi connectivity index (χ2n) is 3.59. The van der Waals surface area contributed by atoms with E-state index in [9.17, 15) is 0 Å². The van der Waals surface area contributed by atoms with Crippen molar-refractivity contribution in [3.63, 3.8) is 0 Å². The molecule has 0 unspecified atom stereocenters. The second-order valence-corrected chi connectivity index (χ2v) is 5.11. The minimum Gasteiger partial charge on any atom is -0.260 e. The van der Waals surface area contributed by atoms with E-state index < -0.39 is 0 Å². The minimum absolute atomic E-state index is 0.858. The maximum Gasteiger partial charge on any atom is 0.114 e. The highest BCUT2D eigenvalue weighted by Gasteiger charge is 1.99. The van der Waals surface area contributed by atoms with Gasteiger partial charge in [-0.1, -0.05) is 29.8 Å². The third kappa shape index (κ3) is 4.02. The van der Waals surface area contributed by atoms with E-state index in [1.165, 1.54) is 5.56 Å². The molecule has 0 atom stereocenters. The van der Waals surface area contributed by atoms with Gasteiger partial charge in [-0.3, -0.25) is 4.98 Å². The standard InChI is InChI=1S/C13H13ClN2S/c14-12-6-2-1-4-11(12)5-3-9-17-13-10-15-7-8-16-13/h1-2,4,6-8,10H,3,5,9H2. The molecule has 1 heterocycles. The summed E-state index contributed by atoms with van der Waals surface area (Å²) in [5.74, 6) is 1.03. The lowest BCUT2D eigenvalue weighted by molar-refractivity contribution is 0.929. The lowest BCUT2D eigenvalue weighted by atomic mass is 10.1. The summed E-state index contributed by atoms with van der Waals surface area (Å²) in [5.41, 5.74) is 1.22. The average Bonchev–Trinajstić information content (AvgIpc) is 2.38. The molecule has 0 fully saturated rings. The zero-order chi connectivity index (χ0) is 11.9. The van der Waals surface area contributed by atoms with Gasteiger partial charge in [0.05, 0.1) is 6.20 Å². The van der Waals surface area contributed by atoms with Crippen molar-refractivity contribution < 1.29 is 0 Å². The molecule has 4 heteroatoms. The van der Waals surface area contributed by atoms with Crippen LogP contribution in [0.3, 0.4) is 0 Å². The molecule has 2 nitrogen and oxygen atoms in total. The van der Waals surface area contributed by atoms with Crippen molar-refractivity contribution in [1.82, 2.24) is 9.97 Å². The van der Waals surface area contributed by atoms with E-state index in [2.05, 4.69) is 16.0 Å². The van der Waals surface area contributed by atoms with Crippen molar-refractivity contribution in [2.24, 2.45) is 0 Å². The van der Waals surface area contributed by atoms with Gasteiger partial charge in [-0.25, -0.2) is 4.98 Å². The molecule has 0 aliphatic carbocycles. The number of hydrogen-bond donors (Lipinski definition) is 0. The number of rotatable bonds is 5. The van der Waals surface area contributed by atoms with Crippen molar-refractivity contribution in [2.45, 2.75) is 17.9 Å². The number of hydrogen-bond acceptors (Lipinski definition) is 3. The van der Waals surface area contributed by atoms with Crippen molar-refractivity contribution in [2.75, 3.05) is 5.75 Å². The fraction of sp³-hybridized carbons (Fsp3) is 0.231. The van der Waals surface area contributed by atoms with Gasteiger partial charge in [0.2, 0.25) is 0 Å². The monoisotopic (exact) mass is 264 g/mol. The predicted molar refractivity (Wildman–Crippen MR) is 72.5 cm³/mol. The molecule has 2 rings (SSSR count). The Morgan fingerprint density at radius 1 is 1.18 bits per heavy atom. The maximum absolute atomic E-state index is 6.09. The zero-order valence-electron chi connectivity index (χ0n) is 9.34. The number of benzene rings is 1. The fourth-order valence-corrected chi connectivity index (χ4v) is 2.50. The minimum atomic E-state index is 0.858. The maximum atomic E-state index is 6.09. The first-order chi connectivity index (χ1) is 8.36. The second kappa shape index (κ2) is 6.62. The van der Waals surface area contributed by atoms with Crippen LogP contribution in [0.25, 0.3) is 0 Å². The molecule has 0 aliphatic rings. The normalized spacial score (nSPS) is 10.4. The van der Waals surface area contributed by atoms with Gasteiger partial charge < -0.3 is 0 Å². The number of aryl methyl sites for hydroxylation is 1. The molecule has 2 aromatic rings. The van der Waals surface area contributed by atoms with Gasteiger partial charge in [0.25, 0.3) is 0 Å². The summed E-state index contributed by atoms with van der Waals surface area (Å²) in [7, 11) is 0. The molecule has 88 valence electrons. The number of halogens is 1. The third-order valence-electron chi connectivity index (χ3n) is 2.34. The Morgan fingerprint density at radius 3 is 2.82 bits per heavy atom. The zero-order valence-corrected chi connectivity index (χ0v) is 10.9. The molecular weight excluding hydrogens is 252 g/mol. The summed E-state index contributed by atoms with van der Waals surface area (Å²) in [6.45, 7) is 0. The molecule has 0 saturated heterocycles. The van der Waals surface area contributed by atoms with E-state index in [0.29, 0.717) is 0 Å². The van der Waals surface area contributed by atoms with Crippen molar-refractivity contribution >= 4 is 23.4 Å². The smallest absolute Gasteiger partial charge is 0.114 e. The molecule has 1 aromatic heterocycles. The molecule has 0 spiro atoms. The van der Waals surface area contributed by atoms with Gasteiger partial charge in [-0.15, -0.1) is 11.8 Å². The van der Waals surface area contributed by atoms with Gasteiger partial charge in [-0.05, 0) is 30.2 Å². The van der Waals surface area contributed by atoms with Crippen LogP contribution in [-0.4, -0.2) is 15.7 Å². The van der Waals surface area contributed by atoms with Gasteiger partial charge in [0.1, 0.15) is 5.03 Å². The summed E-state index contributed by atoms with van der Waals surface area (Å²) < 4.78 is 0. The van der Waals surface area contributed by atoms with Crippen LogP contribution in [0.5, 0.6) is 0 Å². The Labute approximate surface area is 110 Å². The van der Waals surface area contributed by atoms with Crippen LogP contribution >= 0.6 is 23.4 Å². The van der Waals surface area contributed by atoms with Crippen LogP contribution in [0.2, 0.25) is 5.02 Å². The van der Waals surface area contributed by atoms with Gasteiger partial charge >= 0.3 is 0 Å². The quantitative estimate of drug-likeness (QED) is 0.606. The van der Waals surface area contributed by atoms with Gasteiger partial charge in [-0.2, -0.15) is 0 Å². The van der Waals surface area contributed by atoms with Crippen molar-refractivity contribution in [3.05, 3.63) is 53.4 Å². The summed E-state index contributed by atoms with van der Waals surface area (Å²) in [5, 5.41) is 1.84. The van der Waals surface area contributed by atoms with Gasteiger partial charge in [0.15, 0.2) is 0 Å². The van der Waals surface area contributed by atoms with Crippen molar-refractivity contribution in [3.8, 4) is 0 Å². The number of nitrogens with zero attached hydrogens (tertiary/aromatic N) is 2. The molecule has 0 bridgehead atoms. The average molecular weight is 265 g/mol. The first-order valence-electron chi connectivity index (χ1n) is 5.48. The summed E-state index contributed by atoms with van der Waals surface area (Å²) in [6.07, 6.45) is 7.29. The van der Waals surface area contributed by atoms with Crippen LogP contribution in [0.1, 0.15) is 12.0 Å². The predicted octanol–water partition coefficient (Wildman–Crippen LogP) is 3.85. The fourth-order valence-electron chi connectivity index (χ4n) is 1.50. The number of thioether (sulfide) groups is 1. The summed E-state index contributed by atoms with van der Waals surface area (Å²) in [4.78, 5) is 8.25. The van der Waals surface area contributed by atoms with E-state index in [0.717, 1.165) is 28.6 Å². The van der Waals surface area contributed by atoms with Gasteiger partial charge in [0, 0.05) is 17.4 Å². The summed E-state index contributed by atoms with van der Waals surface area (Å²) >= 11 is 7.82. The molecule has 0 radical (unpaired) electrons. The Bertz CT molecular complexity index is 462. The number of aromatic nitrogens is 2. The van der Waals surface area contributed by atoms with Crippen molar-refractivity contribution in [1.29, 1.82) is 0 Å². The van der Waals surface area contributed by atoms with E-state index in [1.54, 1.807) is 30.4 Å². The van der Waals surface area contributed by atoms with E-state index >= 15 is 0 Å². The Morgan fingerprint density at radius 2 is 2.06 bits per heavy atom. The molecule has 17 heavy (non-hydrogen) atoms. The molecule has 0 amide bonds. The molecule has 0 saturated carbocycles. The summed E-state index contributed by atoms with van der Waals surface area (Å²) in [6, 6.07) is 8.00. The highest BCUT2D eigenvalue weighted by molar-refractivity contribution is 7.99. The van der Waals surface area contributed by atoms with Crippen LogP contribution < -0.4 is 0 Å². The third-order valence-corrected chi connectivity index (χ3v) is 3.71. The SMILES string of the molecule is Clc1ccccc1CCCSc1cnccn1. The van der Waals surface area contributed by atoms with E-state index in [4.69, 9.17) is 11.6 Å². The van der Waals surface area contributed by atoms with Crippen LogP contribution in [0, 0.1) is 0 Å². The largest absolute Gasteiger partial charge is 0.260 e. The van der Waals surface area contributed by atoms with E-state index in [-0.39, 0.29) is 0 Å². The van der Waals surface area contributed by atoms with Crippen LogP contribution in [-0.2, 0) is 6.42 Å². The van der Waals surface area contributed by atoms with E-state index in [1.807, 2.05) is 18.2 Å².